The topological polar surface area (TPSA) is 37.8 Å². The summed E-state index contributed by atoms with van der Waals surface area (Å²) in [5.41, 5.74) is 1.10. The Morgan fingerprint density at radius 2 is 1.94 bits per heavy atom. The lowest BCUT2D eigenvalue weighted by Gasteiger charge is -2.20. The number of aryl methyl sites for hydroxylation is 2. The van der Waals surface area contributed by atoms with Gasteiger partial charge in [0.15, 0.2) is 0 Å². The van der Waals surface area contributed by atoms with Crippen LogP contribution in [0.1, 0.15) is 45.6 Å². The Hall–Kier alpha value is -1.12. The summed E-state index contributed by atoms with van der Waals surface area (Å²) in [4.78, 5) is 8.79. The van der Waals surface area contributed by atoms with E-state index in [-0.39, 0.29) is 0 Å². The van der Waals surface area contributed by atoms with Crippen LogP contribution in [-0.4, -0.2) is 16.0 Å². The van der Waals surface area contributed by atoms with E-state index in [1.807, 2.05) is 13.0 Å². The van der Waals surface area contributed by atoms with Gasteiger partial charge < -0.3 is 5.32 Å². The van der Waals surface area contributed by atoms with Crippen molar-refractivity contribution in [3.8, 4) is 0 Å². The number of nitrogens with one attached hydrogen (secondary N) is 1. The van der Waals surface area contributed by atoms with Gasteiger partial charge in [0.25, 0.3) is 0 Å². The first kappa shape index (κ1) is 12.9. The van der Waals surface area contributed by atoms with Crippen LogP contribution < -0.4 is 5.32 Å². The van der Waals surface area contributed by atoms with Gasteiger partial charge in [-0.15, -0.1) is 0 Å². The van der Waals surface area contributed by atoms with Crippen LogP contribution in [0.5, 0.6) is 0 Å². The van der Waals surface area contributed by atoms with Gasteiger partial charge in [-0.3, -0.25) is 0 Å². The quantitative estimate of drug-likeness (QED) is 0.829. The average Bonchev–Trinajstić information content (AvgIpc) is 2.26. The predicted octanol–water partition coefficient (Wildman–Crippen LogP) is 3.19. The standard InChI is InChI=1S/C13H23N3/c1-6-9(3)10(4)14-13-8-12(7-2)15-11(5)16-13/h8-10H,6-7H2,1-5H3,(H,14,15,16). The highest BCUT2D eigenvalue weighted by atomic mass is 15.0. The molecule has 0 radical (unpaired) electrons. The second-order valence-corrected chi connectivity index (χ2v) is 4.46. The maximum atomic E-state index is 4.42. The maximum Gasteiger partial charge on any atom is 0.130 e. The molecule has 0 aromatic carbocycles. The van der Waals surface area contributed by atoms with Crippen molar-refractivity contribution in [2.75, 3.05) is 5.32 Å². The van der Waals surface area contributed by atoms with E-state index in [1.165, 1.54) is 6.42 Å². The van der Waals surface area contributed by atoms with Gasteiger partial charge in [-0.25, -0.2) is 9.97 Å². The summed E-state index contributed by atoms with van der Waals surface area (Å²) >= 11 is 0. The van der Waals surface area contributed by atoms with Crippen molar-refractivity contribution in [2.45, 2.75) is 53.5 Å². The van der Waals surface area contributed by atoms with Crippen LogP contribution in [0.4, 0.5) is 5.82 Å². The summed E-state index contributed by atoms with van der Waals surface area (Å²) in [6, 6.07) is 2.50. The highest BCUT2D eigenvalue weighted by Gasteiger charge is 2.11. The van der Waals surface area contributed by atoms with E-state index >= 15 is 0 Å². The lowest BCUT2D eigenvalue weighted by atomic mass is 10.0. The number of rotatable bonds is 5. The molecule has 0 aliphatic rings. The van der Waals surface area contributed by atoms with E-state index in [0.717, 1.165) is 23.8 Å². The van der Waals surface area contributed by atoms with E-state index in [2.05, 4.69) is 43.0 Å². The summed E-state index contributed by atoms with van der Waals surface area (Å²) in [6.45, 7) is 10.7. The Morgan fingerprint density at radius 3 is 2.50 bits per heavy atom. The van der Waals surface area contributed by atoms with Crippen molar-refractivity contribution >= 4 is 5.82 Å². The van der Waals surface area contributed by atoms with Crippen molar-refractivity contribution < 1.29 is 0 Å². The van der Waals surface area contributed by atoms with Crippen molar-refractivity contribution in [1.82, 2.24) is 9.97 Å². The Kier molecular flexibility index (Phi) is 4.71. The smallest absolute Gasteiger partial charge is 0.130 e. The molecule has 0 bridgehead atoms. The first-order valence-electron chi connectivity index (χ1n) is 6.17. The molecule has 1 aromatic heterocycles. The first-order chi connectivity index (χ1) is 7.56. The third kappa shape index (κ3) is 3.47. The molecule has 1 rings (SSSR count). The van der Waals surface area contributed by atoms with Crippen molar-refractivity contribution in [2.24, 2.45) is 5.92 Å². The molecule has 0 saturated carbocycles. The summed E-state index contributed by atoms with van der Waals surface area (Å²) in [5.74, 6) is 2.45. The molecule has 90 valence electrons. The first-order valence-corrected chi connectivity index (χ1v) is 6.17. The maximum absolute atomic E-state index is 4.42. The Labute approximate surface area is 98.7 Å². The number of hydrogen-bond donors (Lipinski definition) is 1. The van der Waals surface area contributed by atoms with E-state index < -0.39 is 0 Å². The second-order valence-electron chi connectivity index (χ2n) is 4.46. The van der Waals surface area contributed by atoms with Crippen molar-refractivity contribution in [3.63, 3.8) is 0 Å². The van der Waals surface area contributed by atoms with Crippen molar-refractivity contribution in [3.05, 3.63) is 17.6 Å². The number of aromatic nitrogens is 2. The van der Waals surface area contributed by atoms with Gasteiger partial charge >= 0.3 is 0 Å². The van der Waals surface area contributed by atoms with Crippen LogP contribution in [0, 0.1) is 12.8 Å². The summed E-state index contributed by atoms with van der Waals surface area (Å²) in [6.07, 6.45) is 2.13. The van der Waals surface area contributed by atoms with Crippen LogP contribution in [0.15, 0.2) is 6.07 Å². The highest BCUT2D eigenvalue weighted by molar-refractivity contribution is 5.37. The minimum Gasteiger partial charge on any atom is -0.367 e. The van der Waals surface area contributed by atoms with Gasteiger partial charge in [0.2, 0.25) is 0 Å². The predicted molar refractivity (Wildman–Crippen MR) is 68.7 cm³/mol. The average molecular weight is 221 g/mol. The molecule has 1 heterocycles. The molecule has 3 nitrogen and oxygen atoms in total. The zero-order valence-electron chi connectivity index (χ0n) is 11.0. The third-order valence-corrected chi connectivity index (χ3v) is 3.13. The van der Waals surface area contributed by atoms with E-state index in [4.69, 9.17) is 0 Å². The summed E-state index contributed by atoms with van der Waals surface area (Å²) < 4.78 is 0. The fourth-order valence-electron chi connectivity index (χ4n) is 1.61. The normalized spacial score (nSPS) is 14.6. The van der Waals surface area contributed by atoms with E-state index in [9.17, 15) is 0 Å². The van der Waals surface area contributed by atoms with Gasteiger partial charge in [0, 0.05) is 17.8 Å². The highest BCUT2D eigenvalue weighted by Crippen LogP contribution is 2.14. The molecule has 2 atom stereocenters. The monoisotopic (exact) mass is 221 g/mol. The third-order valence-electron chi connectivity index (χ3n) is 3.13. The number of anilines is 1. The lowest BCUT2D eigenvalue weighted by Crippen LogP contribution is -2.24. The van der Waals surface area contributed by atoms with Crippen LogP contribution >= 0.6 is 0 Å². The minimum atomic E-state index is 0.448. The molecule has 0 aliphatic heterocycles. The second kappa shape index (κ2) is 5.83. The Balaban J connectivity index is 2.76. The van der Waals surface area contributed by atoms with Gasteiger partial charge in [0.05, 0.1) is 0 Å². The van der Waals surface area contributed by atoms with Crippen LogP contribution in [0.25, 0.3) is 0 Å². The number of nitrogens with zero attached hydrogens (tertiary/aromatic N) is 2. The number of hydrogen-bond acceptors (Lipinski definition) is 3. The molecule has 2 unspecified atom stereocenters. The molecule has 0 spiro atoms. The zero-order chi connectivity index (χ0) is 12.1. The van der Waals surface area contributed by atoms with Gasteiger partial charge in [-0.2, -0.15) is 0 Å². The Morgan fingerprint density at radius 1 is 1.25 bits per heavy atom. The lowest BCUT2D eigenvalue weighted by molar-refractivity contribution is 0.493. The fraction of sp³-hybridized carbons (Fsp3) is 0.692. The molecule has 16 heavy (non-hydrogen) atoms. The fourth-order valence-corrected chi connectivity index (χ4v) is 1.61. The summed E-state index contributed by atoms with van der Waals surface area (Å²) in [5, 5.41) is 3.46. The largest absolute Gasteiger partial charge is 0.367 e. The molecule has 1 N–H and O–H groups in total. The van der Waals surface area contributed by atoms with Crippen molar-refractivity contribution in [1.29, 1.82) is 0 Å². The van der Waals surface area contributed by atoms with Crippen LogP contribution in [0.3, 0.4) is 0 Å². The van der Waals surface area contributed by atoms with Crippen LogP contribution in [-0.2, 0) is 6.42 Å². The molecular weight excluding hydrogens is 198 g/mol. The minimum absolute atomic E-state index is 0.448. The van der Waals surface area contributed by atoms with Gasteiger partial charge in [-0.05, 0) is 26.2 Å². The molecule has 3 heteroatoms. The van der Waals surface area contributed by atoms with Crippen LogP contribution in [0.2, 0.25) is 0 Å². The summed E-state index contributed by atoms with van der Waals surface area (Å²) in [7, 11) is 0. The van der Waals surface area contributed by atoms with E-state index in [0.29, 0.717) is 12.0 Å². The SMILES string of the molecule is CCc1cc(NC(C)C(C)CC)nc(C)n1. The molecular formula is C13H23N3. The van der Waals surface area contributed by atoms with E-state index in [1.54, 1.807) is 0 Å². The van der Waals surface area contributed by atoms with Gasteiger partial charge in [-0.1, -0.05) is 27.2 Å². The van der Waals surface area contributed by atoms with Gasteiger partial charge in [0.1, 0.15) is 11.6 Å². The zero-order valence-corrected chi connectivity index (χ0v) is 11.0. The molecule has 0 saturated heterocycles. The molecule has 1 aromatic rings. The Bertz CT molecular complexity index is 336. The molecule has 0 fully saturated rings. The molecule has 0 amide bonds. The molecule has 0 aliphatic carbocycles.